The van der Waals surface area contributed by atoms with Gasteiger partial charge < -0.3 is 15.4 Å². The van der Waals surface area contributed by atoms with Crippen LogP contribution in [0, 0.1) is 0 Å². The first-order chi connectivity index (χ1) is 13.2. The highest BCUT2D eigenvalue weighted by atomic mass is 32.1. The summed E-state index contributed by atoms with van der Waals surface area (Å²) in [5.74, 6) is -2.08. The van der Waals surface area contributed by atoms with Gasteiger partial charge in [0.1, 0.15) is 6.54 Å². The normalized spacial score (nSPS) is 12.1. The van der Waals surface area contributed by atoms with Crippen LogP contribution in [0.1, 0.15) is 33.8 Å². The summed E-state index contributed by atoms with van der Waals surface area (Å²) >= 11 is 1.48. The fraction of sp³-hybridized carbons (Fsp3) is 0.278. The SMILES string of the molecule is C[C@@H](NC(=O)COC(=O)CNC(=O)c1ccc(C(F)(F)F)cc1)c1cccs1. The molecule has 0 spiro atoms. The molecule has 150 valence electrons. The number of carbonyl (C=O) groups excluding carboxylic acids is 3. The first kappa shape index (κ1) is 21.4. The first-order valence-electron chi connectivity index (χ1n) is 8.10. The number of benzene rings is 1. The van der Waals surface area contributed by atoms with Gasteiger partial charge in [0.2, 0.25) is 0 Å². The van der Waals surface area contributed by atoms with Crippen LogP contribution in [0.4, 0.5) is 13.2 Å². The molecule has 1 atom stereocenters. The molecule has 0 saturated heterocycles. The predicted molar refractivity (Wildman–Crippen MR) is 95.6 cm³/mol. The highest BCUT2D eigenvalue weighted by molar-refractivity contribution is 7.10. The lowest BCUT2D eigenvalue weighted by atomic mass is 10.1. The van der Waals surface area contributed by atoms with Crippen molar-refractivity contribution in [1.82, 2.24) is 10.6 Å². The monoisotopic (exact) mass is 414 g/mol. The number of hydrogen-bond donors (Lipinski definition) is 2. The third-order valence-electron chi connectivity index (χ3n) is 3.58. The molecule has 0 saturated carbocycles. The number of esters is 1. The molecule has 0 unspecified atom stereocenters. The van der Waals surface area contributed by atoms with Crippen molar-refractivity contribution in [1.29, 1.82) is 0 Å². The van der Waals surface area contributed by atoms with Crippen LogP contribution in [0.3, 0.4) is 0 Å². The van der Waals surface area contributed by atoms with Crippen molar-refractivity contribution in [3.63, 3.8) is 0 Å². The molecule has 1 aromatic carbocycles. The van der Waals surface area contributed by atoms with Gasteiger partial charge in [0, 0.05) is 10.4 Å². The second-order valence-electron chi connectivity index (χ2n) is 5.72. The van der Waals surface area contributed by atoms with Gasteiger partial charge in [0.05, 0.1) is 11.6 Å². The van der Waals surface area contributed by atoms with E-state index in [4.69, 9.17) is 4.74 Å². The van der Waals surface area contributed by atoms with Crippen molar-refractivity contribution in [2.45, 2.75) is 19.1 Å². The van der Waals surface area contributed by atoms with E-state index in [1.54, 1.807) is 6.92 Å². The molecule has 2 amide bonds. The topological polar surface area (TPSA) is 84.5 Å². The zero-order chi connectivity index (χ0) is 20.7. The Bertz CT molecular complexity index is 820. The molecule has 28 heavy (non-hydrogen) atoms. The number of ether oxygens (including phenoxy) is 1. The Labute approximate surface area is 162 Å². The van der Waals surface area contributed by atoms with E-state index in [0.29, 0.717) is 0 Å². The van der Waals surface area contributed by atoms with Crippen molar-refractivity contribution in [3.05, 3.63) is 57.8 Å². The van der Waals surface area contributed by atoms with Crippen LogP contribution < -0.4 is 10.6 Å². The van der Waals surface area contributed by atoms with Crippen LogP contribution in [-0.4, -0.2) is 30.9 Å². The highest BCUT2D eigenvalue weighted by Crippen LogP contribution is 2.29. The van der Waals surface area contributed by atoms with Gasteiger partial charge in [-0.2, -0.15) is 13.2 Å². The van der Waals surface area contributed by atoms with E-state index >= 15 is 0 Å². The third kappa shape index (κ3) is 6.38. The lowest BCUT2D eigenvalue weighted by molar-refractivity contribution is -0.147. The summed E-state index contributed by atoms with van der Waals surface area (Å²) in [5, 5.41) is 6.75. The summed E-state index contributed by atoms with van der Waals surface area (Å²) in [7, 11) is 0. The fourth-order valence-electron chi connectivity index (χ4n) is 2.15. The summed E-state index contributed by atoms with van der Waals surface area (Å²) in [6.45, 7) is 0.758. The molecule has 1 heterocycles. The maximum absolute atomic E-state index is 12.5. The smallest absolute Gasteiger partial charge is 0.416 e. The van der Waals surface area contributed by atoms with Crippen LogP contribution >= 0.6 is 11.3 Å². The minimum Gasteiger partial charge on any atom is -0.454 e. The summed E-state index contributed by atoms with van der Waals surface area (Å²) in [6, 6.07) is 7.02. The Morgan fingerprint density at radius 3 is 2.39 bits per heavy atom. The maximum atomic E-state index is 12.5. The highest BCUT2D eigenvalue weighted by Gasteiger charge is 2.30. The Balaban J connectivity index is 1.73. The molecule has 2 aromatic rings. The maximum Gasteiger partial charge on any atom is 0.416 e. The van der Waals surface area contributed by atoms with E-state index in [1.807, 2.05) is 17.5 Å². The van der Waals surface area contributed by atoms with Crippen molar-refractivity contribution < 1.29 is 32.3 Å². The van der Waals surface area contributed by atoms with E-state index in [9.17, 15) is 27.6 Å². The van der Waals surface area contributed by atoms with Gasteiger partial charge in [-0.3, -0.25) is 14.4 Å². The second kappa shape index (κ2) is 9.36. The average Bonchev–Trinajstić information content (AvgIpc) is 3.18. The molecule has 0 aliphatic carbocycles. The molecular formula is C18H17F3N2O4S. The number of amides is 2. The number of halogens is 3. The van der Waals surface area contributed by atoms with Crippen LogP contribution in [0.25, 0.3) is 0 Å². The van der Waals surface area contributed by atoms with Crippen LogP contribution in [0.15, 0.2) is 41.8 Å². The molecule has 0 bridgehead atoms. The zero-order valence-electron chi connectivity index (χ0n) is 14.7. The molecule has 2 N–H and O–H groups in total. The Morgan fingerprint density at radius 2 is 1.82 bits per heavy atom. The number of nitrogens with one attached hydrogen (secondary N) is 2. The molecule has 1 aromatic heterocycles. The molecule has 0 radical (unpaired) electrons. The van der Waals surface area contributed by atoms with E-state index in [-0.39, 0.29) is 11.6 Å². The molecule has 10 heteroatoms. The molecule has 2 rings (SSSR count). The van der Waals surface area contributed by atoms with Gasteiger partial charge >= 0.3 is 12.1 Å². The van der Waals surface area contributed by atoms with Gasteiger partial charge in [-0.15, -0.1) is 11.3 Å². The van der Waals surface area contributed by atoms with Crippen molar-refractivity contribution >= 4 is 29.1 Å². The molecular weight excluding hydrogens is 397 g/mol. The second-order valence-corrected chi connectivity index (χ2v) is 6.70. The lowest BCUT2D eigenvalue weighted by Gasteiger charge is -2.12. The van der Waals surface area contributed by atoms with Crippen LogP contribution in [-0.2, 0) is 20.5 Å². The molecule has 0 aliphatic rings. The van der Waals surface area contributed by atoms with Crippen LogP contribution in [0.2, 0.25) is 0 Å². The van der Waals surface area contributed by atoms with Gasteiger partial charge in [-0.1, -0.05) is 6.07 Å². The van der Waals surface area contributed by atoms with Gasteiger partial charge in [-0.05, 0) is 42.6 Å². The van der Waals surface area contributed by atoms with Gasteiger partial charge in [0.15, 0.2) is 6.61 Å². The van der Waals surface area contributed by atoms with E-state index < -0.39 is 42.7 Å². The number of carbonyl (C=O) groups is 3. The van der Waals surface area contributed by atoms with E-state index in [2.05, 4.69) is 10.6 Å². The lowest BCUT2D eigenvalue weighted by Crippen LogP contribution is -2.34. The average molecular weight is 414 g/mol. The molecule has 6 nitrogen and oxygen atoms in total. The standard InChI is InChI=1S/C18H17F3N2O4S/c1-11(14-3-2-8-28-14)23-15(24)10-27-16(25)9-22-17(26)12-4-6-13(7-5-12)18(19,20)21/h2-8,11H,9-10H2,1H3,(H,22,26)(H,23,24)/t11-/m1/s1. The summed E-state index contributed by atoms with van der Waals surface area (Å²) < 4.78 is 42.2. The summed E-state index contributed by atoms with van der Waals surface area (Å²) in [6.07, 6.45) is -4.50. The van der Waals surface area contributed by atoms with E-state index in [1.165, 1.54) is 11.3 Å². The number of alkyl halides is 3. The summed E-state index contributed by atoms with van der Waals surface area (Å²) in [5.41, 5.74) is -0.922. The minimum absolute atomic E-state index is 0.0386. The number of thiophene rings is 1. The van der Waals surface area contributed by atoms with Crippen molar-refractivity contribution in [2.24, 2.45) is 0 Å². The van der Waals surface area contributed by atoms with Gasteiger partial charge in [0.25, 0.3) is 11.8 Å². The Morgan fingerprint density at radius 1 is 1.14 bits per heavy atom. The van der Waals surface area contributed by atoms with Gasteiger partial charge in [-0.25, -0.2) is 0 Å². The zero-order valence-corrected chi connectivity index (χ0v) is 15.5. The summed E-state index contributed by atoms with van der Waals surface area (Å²) in [4.78, 5) is 36.2. The number of hydrogen-bond acceptors (Lipinski definition) is 5. The minimum atomic E-state index is -4.50. The quantitative estimate of drug-likeness (QED) is 0.683. The number of rotatable bonds is 7. The Hall–Kier alpha value is -2.88. The first-order valence-corrected chi connectivity index (χ1v) is 8.98. The largest absolute Gasteiger partial charge is 0.454 e. The molecule has 0 aliphatic heterocycles. The Kier molecular flexibility index (Phi) is 7.16. The van der Waals surface area contributed by atoms with Crippen molar-refractivity contribution in [3.8, 4) is 0 Å². The molecule has 0 fully saturated rings. The predicted octanol–water partition coefficient (Wildman–Crippen LogP) is 2.92. The third-order valence-corrected chi connectivity index (χ3v) is 4.63. The fourth-order valence-corrected chi connectivity index (χ4v) is 2.89. The van der Waals surface area contributed by atoms with E-state index in [0.717, 1.165) is 29.1 Å². The van der Waals surface area contributed by atoms with Crippen LogP contribution in [0.5, 0.6) is 0 Å². The van der Waals surface area contributed by atoms with Crippen molar-refractivity contribution in [2.75, 3.05) is 13.2 Å².